The molecule has 2 aliphatic carbocycles. The minimum atomic E-state index is -1.18. The molecule has 12 heteroatoms. The highest BCUT2D eigenvalue weighted by Gasteiger charge is 2.78. The Morgan fingerprint density at radius 1 is 0.675 bits per heavy atom. The quantitative estimate of drug-likeness (QED) is 0.320. The average molecular weight is 563 g/mol. The summed E-state index contributed by atoms with van der Waals surface area (Å²) in [5.74, 6) is -0.287. The zero-order valence-corrected chi connectivity index (χ0v) is 24.7. The van der Waals surface area contributed by atoms with Crippen LogP contribution in [0.15, 0.2) is 24.3 Å². The summed E-state index contributed by atoms with van der Waals surface area (Å²) in [5.41, 5.74) is -7.55. The van der Waals surface area contributed by atoms with Crippen LogP contribution in [0.25, 0.3) is 0 Å². The zero-order valence-electron chi connectivity index (χ0n) is 24.7. The van der Waals surface area contributed by atoms with Gasteiger partial charge in [-0.05, 0) is 81.4 Å². The first-order valence-electron chi connectivity index (χ1n) is 13.3. The Morgan fingerprint density at radius 3 is 1.23 bits per heavy atom. The molecule has 8 aliphatic rings. The molecule has 0 radical (unpaired) electrons. The van der Waals surface area contributed by atoms with E-state index in [2.05, 4.69) is 0 Å². The average Bonchev–Trinajstić information content (AvgIpc) is 3.72. The summed E-state index contributed by atoms with van der Waals surface area (Å²) in [5, 5.41) is 2.29. The van der Waals surface area contributed by atoms with E-state index >= 15 is 0 Å². The maximum atomic E-state index is 12.5. The first kappa shape index (κ1) is 28.7. The number of carbonyl (C=O) groups is 4. The first-order valence-corrected chi connectivity index (χ1v) is 13.3. The van der Waals surface area contributed by atoms with Gasteiger partial charge in [0.25, 0.3) is 0 Å². The zero-order chi connectivity index (χ0) is 29.9. The van der Waals surface area contributed by atoms with Crippen LogP contribution < -0.4 is 0 Å². The summed E-state index contributed by atoms with van der Waals surface area (Å²) < 4.78 is 21.6. The molecule has 12 nitrogen and oxygen atoms in total. The summed E-state index contributed by atoms with van der Waals surface area (Å²) >= 11 is 0. The smallest absolute Gasteiger partial charge is 0.435 e. The standard InChI is InChI=1S/2C14H19NO5/c2*1-11(2,3)19-10(17)15-13(5)7-6-12(4,20-15)9(16)14(13)8-18-14/h2*6-7H,8H2,1-5H3/t2*12-,13+,14+/m10/s1. The van der Waals surface area contributed by atoms with Crippen molar-refractivity contribution in [3.63, 3.8) is 0 Å². The Balaban J connectivity index is 0.000000161. The number of rotatable bonds is 0. The molecule has 40 heavy (non-hydrogen) atoms. The van der Waals surface area contributed by atoms with E-state index in [0.29, 0.717) is 13.2 Å². The van der Waals surface area contributed by atoms with Gasteiger partial charge in [-0.3, -0.25) is 9.59 Å². The highest BCUT2D eigenvalue weighted by atomic mass is 16.8. The third kappa shape index (κ3) is 3.87. The van der Waals surface area contributed by atoms with E-state index < -0.39 is 56.9 Å². The molecule has 8 rings (SSSR count). The van der Waals surface area contributed by atoms with E-state index in [1.807, 2.05) is 0 Å². The Morgan fingerprint density at radius 2 is 0.975 bits per heavy atom. The molecule has 0 saturated carbocycles. The number of Topliss-reactive ketones (excluding diaryl/α,β-unsaturated/α-hetero) is 2. The number of amides is 2. The van der Waals surface area contributed by atoms with Crippen molar-refractivity contribution < 1.29 is 47.8 Å². The van der Waals surface area contributed by atoms with Crippen molar-refractivity contribution in [1.82, 2.24) is 10.1 Å². The Bertz CT molecular complexity index is 1160. The Hall–Kier alpha value is -2.80. The van der Waals surface area contributed by atoms with Crippen molar-refractivity contribution in [2.45, 2.75) is 114 Å². The van der Waals surface area contributed by atoms with Gasteiger partial charge < -0.3 is 18.9 Å². The maximum Gasteiger partial charge on any atom is 0.435 e. The van der Waals surface area contributed by atoms with Gasteiger partial charge in [-0.25, -0.2) is 19.3 Å². The number of nitrogens with zero attached hydrogens (tertiary/aromatic N) is 2. The molecule has 4 fully saturated rings. The maximum absolute atomic E-state index is 12.5. The van der Waals surface area contributed by atoms with Gasteiger partial charge in [0, 0.05) is 0 Å². The fourth-order valence-corrected chi connectivity index (χ4v) is 5.55. The van der Waals surface area contributed by atoms with Crippen LogP contribution >= 0.6 is 0 Å². The van der Waals surface area contributed by atoms with Gasteiger partial charge in [-0.15, -0.1) is 0 Å². The van der Waals surface area contributed by atoms with E-state index in [9.17, 15) is 19.2 Å². The van der Waals surface area contributed by atoms with Gasteiger partial charge in [0.15, 0.2) is 22.4 Å². The molecule has 0 aromatic rings. The molecule has 0 aromatic carbocycles. The Labute approximate surface area is 233 Å². The van der Waals surface area contributed by atoms with E-state index in [0.717, 1.165) is 10.1 Å². The summed E-state index contributed by atoms with van der Waals surface area (Å²) in [6.07, 6.45) is 5.74. The normalized spacial score (nSPS) is 42.2. The van der Waals surface area contributed by atoms with Crippen LogP contribution in [0.5, 0.6) is 0 Å². The Kier molecular flexibility index (Phi) is 5.69. The molecule has 220 valence electrons. The second-order valence-corrected chi connectivity index (χ2v) is 13.8. The molecule has 6 aliphatic heterocycles. The monoisotopic (exact) mass is 562 g/mol. The minimum absolute atomic E-state index is 0.144. The highest BCUT2D eigenvalue weighted by Crippen LogP contribution is 2.56. The van der Waals surface area contributed by atoms with Gasteiger partial charge in [0.1, 0.15) is 22.3 Å². The highest BCUT2D eigenvalue weighted by molar-refractivity contribution is 6.03. The number of hydroxylamine groups is 4. The number of carbonyl (C=O) groups excluding carboxylic acids is 4. The number of ketones is 2. The number of ether oxygens (including phenoxy) is 4. The van der Waals surface area contributed by atoms with Crippen LogP contribution in [0, 0.1) is 0 Å². The fourth-order valence-electron chi connectivity index (χ4n) is 5.55. The van der Waals surface area contributed by atoms with E-state index in [-0.39, 0.29) is 11.6 Å². The molecular weight excluding hydrogens is 524 g/mol. The molecular formula is C28H38N2O10. The second-order valence-electron chi connectivity index (χ2n) is 13.8. The lowest BCUT2D eigenvalue weighted by molar-refractivity contribution is -0.276. The van der Waals surface area contributed by atoms with Crippen LogP contribution in [0.4, 0.5) is 9.59 Å². The SMILES string of the molecule is CC(C)(C)OC(=O)N1O[C@@]2(C)C=C[C@]1(C)[C@@]1(CO1)C2=O.CC(C)(C)OC(=O)N1O[C@]2(C)C=C[C@@]1(C)[C@]1(CO1)C2=O. The van der Waals surface area contributed by atoms with Gasteiger partial charge >= 0.3 is 12.2 Å². The van der Waals surface area contributed by atoms with Crippen LogP contribution in [-0.4, -0.2) is 91.8 Å². The predicted octanol–water partition coefficient (Wildman–Crippen LogP) is 3.19. The van der Waals surface area contributed by atoms with Crippen molar-refractivity contribution in [3.05, 3.63) is 24.3 Å². The molecule has 4 bridgehead atoms. The first-order chi connectivity index (χ1) is 18.1. The van der Waals surface area contributed by atoms with Crippen LogP contribution in [0.3, 0.4) is 0 Å². The molecule has 0 unspecified atom stereocenters. The lowest BCUT2D eigenvalue weighted by atomic mass is 9.70. The fraction of sp³-hybridized carbons (Fsp3) is 0.714. The number of epoxide rings is 2. The van der Waals surface area contributed by atoms with Crippen molar-refractivity contribution >= 4 is 23.8 Å². The van der Waals surface area contributed by atoms with E-state index in [1.54, 1.807) is 93.5 Å². The summed E-state index contributed by atoms with van der Waals surface area (Å²) in [6, 6.07) is 0. The van der Waals surface area contributed by atoms with Crippen molar-refractivity contribution in [1.29, 1.82) is 0 Å². The molecule has 4 saturated heterocycles. The minimum Gasteiger partial charge on any atom is -0.442 e. The lowest BCUT2D eigenvalue weighted by Gasteiger charge is -2.53. The third-order valence-electron chi connectivity index (χ3n) is 8.11. The molecule has 0 aromatic heterocycles. The predicted molar refractivity (Wildman–Crippen MR) is 138 cm³/mol. The van der Waals surface area contributed by atoms with Gasteiger partial charge in [0.05, 0.1) is 13.2 Å². The van der Waals surface area contributed by atoms with Gasteiger partial charge in [-0.2, -0.15) is 10.1 Å². The molecule has 6 atom stereocenters. The van der Waals surface area contributed by atoms with E-state index in [4.69, 9.17) is 28.6 Å². The van der Waals surface area contributed by atoms with E-state index in [1.165, 1.54) is 0 Å². The molecule has 6 heterocycles. The number of hydrogen-bond donors (Lipinski definition) is 0. The number of fused-ring (bicyclic) bond motifs is 2. The summed E-state index contributed by atoms with van der Waals surface area (Å²) in [6.45, 7) is 18.0. The lowest BCUT2D eigenvalue weighted by Crippen LogP contribution is -2.74. The summed E-state index contributed by atoms with van der Waals surface area (Å²) in [4.78, 5) is 60.9. The topological polar surface area (TPSA) is 137 Å². The van der Waals surface area contributed by atoms with Crippen molar-refractivity contribution in [2.24, 2.45) is 0 Å². The van der Waals surface area contributed by atoms with Crippen molar-refractivity contribution in [2.75, 3.05) is 13.2 Å². The van der Waals surface area contributed by atoms with Gasteiger partial charge in [0.2, 0.25) is 11.6 Å². The second kappa shape index (κ2) is 7.93. The van der Waals surface area contributed by atoms with Crippen LogP contribution in [0.2, 0.25) is 0 Å². The molecule has 2 spiro atoms. The summed E-state index contributed by atoms with van der Waals surface area (Å²) in [7, 11) is 0. The van der Waals surface area contributed by atoms with Crippen molar-refractivity contribution in [3.8, 4) is 0 Å². The molecule has 2 amide bonds. The van der Waals surface area contributed by atoms with Gasteiger partial charge in [-0.1, -0.05) is 12.2 Å². The van der Waals surface area contributed by atoms with Crippen LogP contribution in [0.1, 0.15) is 69.2 Å². The largest absolute Gasteiger partial charge is 0.442 e. The number of hydrogen-bond acceptors (Lipinski definition) is 10. The molecule has 0 N–H and O–H groups in total. The third-order valence-corrected chi connectivity index (χ3v) is 8.11. The van der Waals surface area contributed by atoms with Crippen LogP contribution in [-0.2, 0) is 38.2 Å².